The molecule has 1 aromatic heterocycles. The predicted molar refractivity (Wildman–Crippen MR) is 139 cm³/mol. The van der Waals surface area contributed by atoms with Crippen LogP contribution in [0.4, 0.5) is 11.8 Å². The Bertz CT molecular complexity index is 1150. The molecule has 2 fully saturated rings. The van der Waals surface area contributed by atoms with E-state index >= 15 is 0 Å². The molecule has 1 aromatic carbocycles. The van der Waals surface area contributed by atoms with E-state index in [9.17, 15) is 8.42 Å². The average Bonchev–Trinajstić information content (AvgIpc) is 2.83. The molecule has 0 spiro atoms. The molecule has 0 atom stereocenters. The van der Waals surface area contributed by atoms with Gasteiger partial charge in [-0.05, 0) is 37.1 Å². The largest absolute Gasteiger partial charge is 0.495 e. The van der Waals surface area contributed by atoms with Crippen LogP contribution in [0.15, 0.2) is 29.2 Å². The van der Waals surface area contributed by atoms with Crippen molar-refractivity contribution in [3.8, 4) is 5.75 Å². The smallest absolute Gasteiger partial charge is 0.246 e. The fourth-order valence-corrected chi connectivity index (χ4v) is 6.09. The van der Waals surface area contributed by atoms with Crippen LogP contribution in [-0.4, -0.2) is 94.1 Å². The highest BCUT2D eigenvalue weighted by molar-refractivity contribution is 7.89. The molecule has 4 rings (SSSR count). The Morgan fingerprint density at radius 1 is 0.886 bits per heavy atom. The maximum atomic E-state index is 13.6. The molecular formula is C25H38N6O3S. The fourth-order valence-electron chi connectivity index (χ4n) is 4.49. The van der Waals surface area contributed by atoms with Gasteiger partial charge in [0.25, 0.3) is 0 Å². The zero-order valence-corrected chi connectivity index (χ0v) is 22.6. The molecule has 0 unspecified atom stereocenters. The Hall–Kier alpha value is -2.43. The first-order valence-corrected chi connectivity index (χ1v) is 13.7. The number of aryl methyl sites for hydroxylation is 1. The van der Waals surface area contributed by atoms with E-state index in [1.807, 2.05) is 19.1 Å². The summed E-state index contributed by atoms with van der Waals surface area (Å²) >= 11 is 0. The van der Waals surface area contributed by atoms with Crippen molar-refractivity contribution in [1.29, 1.82) is 0 Å². The van der Waals surface area contributed by atoms with E-state index in [0.29, 0.717) is 37.9 Å². The Kier molecular flexibility index (Phi) is 7.26. The van der Waals surface area contributed by atoms with Crippen molar-refractivity contribution in [1.82, 2.24) is 19.2 Å². The lowest BCUT2D eigenvalue weighted by Gasteiger charge is -2.36. The minimum Gasteiger partial charge on any atom is -0.495 e. The summed E-state index contributed by atoms with van der Waals surface area (Å²) in [5.41, 5.74) is 1.71. The molecule has 10 heteroatoms. The molecule has 9 nitrogen and oxygen atoms in total. The number of hydrogen-bond acceptors (Lipinski definition) is 8. The normalized spacial score (nSPS) is 18.7. The zero-order chi connectivity index (χ0) is 25.4. The van der Waals surface area contributed by atoms with Crippen molar-refractivity contribution in [3.63, 3.8) is 0 Å². The second-order valence-corrected chi connectivity index (χ2v) is 12.4. The predicted octanol–water partition coefficient (Wildman–Crippen LogP) is 2.35. The summed E-state index contributed by atoms with van der Waals surface area (Å²) in [5.74, 6) is 1.99. The molecule has 192 valence electrons. The topological polar surface area (TPSA) is 82.1 Å². The number of piperazine rings is 2. The number of rotatable bonds is 5. The van der Waals surface area contributed by atoms with Crippen LogP contribution in [-0.2, 0) is 15.4 Å². The number of hydrogen-bond donors (Lipinski definition) is 0. The van der Waals surface area contributed by atoms with E-state index in [2.05, 4.69) is 47.5 Å². The molecular weight excluding hydrogens is 464 g/mol. The van der Waals surface area contributed by atoms with Crippen LogP contribution in [0.3, 0.4) is 0 Å². The molecule has 2 aliphatic rings. The molecule has 0 saturated carbocycles. The number of likely N-dealkylation sites (N-methyl/N-ethyl adjacent to an activating group) is 1. The van der Waals surface area contributed by atoms with Crippen molar-refractivity contribution in [3.05, 3.63) is 35.5 Å². The molecule has 3 heterocycles. The van der Waals surface area contributed by atoms with Crippen molar-refractivity contribution in [2.24, 2.45) is 0 Å². The molecule has 0 bridgehead atoms. The van der Waals surface area contributed by atoms with Crippen LogP contribution < -0.4 is 14.5 Å². The Balaban J connectivity index is 1.51. The van der Waals surface area contributed by atoms with Crippen molar-refractivity contribution < 1.29 is 13.2 Å². The molecule has 0 radical (unpaired) electrons. The Morgan fingerprint density at radius 3 is 2.11 bits per heavy atom. The summed E-state index contributed by atoms with van der Waals surface area (Å²) < 4.78 is 34.2. The van der Waals surface area contributed by atoms with E-state index in [-0.39, 0.29) is 10.3 Å². The summed E-state index contributed by atoms with van der Waals surface area (Å²) in [6.45, 7) is 13.9. The fraction of sp³-hybridized carbons (Fsp3) is 0.600. The first kappa shape index (κ1) is 25.7. The molecule has 0 aliphatic carbocycles. The molecule has 0 amide bonds. The standard InChI is InChI=1S/C25H38N6O3S/c1-19-17-23(29-11-9-28(5)10-12-29)27-24(26-19)30-13-15-31(16-14-30)35(32,33)22-18-20(25(2,3)4)7-8-21(22)34-6/h7-8,17-18H,9-16H2,1-6H3. The quantitative estimate of drug-likeness (QED) is 0.616. The van der Waals surface area contributed by atoms with Crippen molar-refractivity contribution in [2.45, 2.75) is 38.0 Å². The summed E-state index contributed by atoms with van der Waals surface area (Å²) in [4.78, 5) is 16.4. The van der Waals surface area contributed by atoms with Crippen LogP contribution in [0.1, 0.15) is 32.0 Å². The SMILES string of the molecule is COc1ccc(C(C)(C)C)cc1S(=O)(=O)N1CCN(c2nc(C)cc(N3CCN(C)CC3)n2)CC1. The van der Waals surface area contributed by atoms with Gasteiger partial charge in [-0.15, -0.1) is 0 Å². The maximum absolute atomic E-state index is 13.6. The van der Waals surface area contributed by atoms with Gasteiger partial charge in [0.1, 0.15) is 16.5 Å². The lowest BCUT2D eigenvalue weighted by Crippen LogP contribution is -2.49. The number of sulfonamides is 1. The zero-order valence-electron chi connectivity index (χ0n) is 21.8. The van der Waals surface area contributed by atoms with Crippen LogP contribution in [0.2, 0.25) is 0 Å². The van der Waals surface area contributed by atoms with Gasteiger partial charge in [0.2, 0.25) is 16.0 Å². The molecule has 35 heavy (non-hydrogen) atoms. The van der Waals surface area contributed by atoms with Crippen molar-refractivity contribution >= 4 is 21.8 Å². The second kappa shape index (κ2) is 9.91. The van der Waals surface area contributed by atoms with Gasteiger partial charge in [0.05, 0.1) is 7.11 Å². The molecule has 2 aliphatic heterocycles. The van der Waals surface area contributed by atoms with E-state index in [1.165, 1.54) is 7.11 Å². The van der Waals surface area contributed by atoms with E-state index in [1.54, 1.807) is 16.4 Å². The highest BCUT2D eigenvalue weighted by Gasteiger charge is 2.33. The first-order chi connectivity index (χ1) is 16.5. The van der Waals surface area contributed by atoms with Gasteiger partial charge in [-0.2, -0.15) is 9.29 Å². The van der Waals surface area contributed by atoms with Gasteiger partial charge < -0.3 is 19.4 Å². The molecule has 2 aromatic rings. The number of methoxy groups -OCH3 is 1. The minimum absolute atomic E-state index is 0.167. The highest BCUT2D eigenvalue weighted by atomic mass is 32.2. The second-order valence-electron chi connectivity index (χ2n) is 10.5. The third-order valence-corrected chi connectivity index (χ3v) is 8.74. The number of benzene rings is 1. The molecule has 2 saturated heterocycles. The lowest BCUT2D eigenvalue weighted by molar-refractivity contribution is 0.312. The first-order valence-electron chi connectivity index (χ1n) is 12.2. The average molecular weight is 503 g/mol. The Labute approximate surface area is 209 Å². The van der Waals surface area contributed by atoms with Gasteiger partial charge in [0, 0.05) is 64.1 Å². The third-order valence-electron chi connectivity index (χ3n) is 6.83. The van der Waals surface area contributed by atoms with Gasteiger partial charge in [-0.3, -0.25) is 0 Å². The monoisotopic (exact) mass is 502 g/mol. The van der Waals surface area contributed by atoms with Gasteiger partial charge in [0.15, 0.2) is 0 Å². The Morgan fingerprint density at radius 2 is 1.51 bits per heavy atom. The summed E-state index contributed by atoms with van der Waals surface area (Å²) in [6, 6.07) is 7.48. The number of nitrogens with zero attached hydrogens (tertiary/aromatic N) is 6. The van der Waals surface area contributed by atoms with Crippen LogP contribution in [0.25, 0.3) is 0 Å². The van der Waals surface area contributed by atoms with Crippen LogP contribution in [0, 0.1) is 6.92 Å². The van der Waals surface area contributed by atoms with E-state index in [0.717, 1.165) is 43.3 Å². The highest BCUT2D eigenvalue weighted by Crippen LogP contribution is 2.33. The third kappa shape index (κ3) is 5.54. The van der Waals surface area contributed by atoms with E-state index < -0.39 is 10.0 Å². The van der Waals surface area contributed by atoms with Crippen LogP contribution in [0.5, 0.6) is 5.75 Å². The van der Waals surface area contributed by atoms with Crippen molar-refractivity contribution in [2.75, 3.05) is 76.3 Å². The summed E-state index contributed by atoms with van der Waals surface area (Å²) in [6.07, 6.45) is 0. The van der Waals surface area contributed by atoms with Gasteiger partial charge in [-0.25, -0.2) is 13.4 Å². The maximum Gasteiger partial charge on any atom is 0.246 e. The summed E-state index contributed by atoms with van der Waals surface area (Å²) in [5, 5.41) is 0. The minimum atomic E-state index is -3.70. The number of anilines is 2. The van der Waals surface area contributed by atoms with Gasteiger partial charge >= 0.3 is 0 Å². The van der Waals surface area contributed by atoms with Crippen LogP contribution >= 0.6 is 0 Å². The lowest BCUT2D eigenvalue weighted by atomic mass is 9.87. The van der Waals surface area contributed by atoms with Gasteiger partial charge in [-0.1, -0.05) is 26.8 Å². The number of aromatic nitrogens is 2. The summed E-state index contributed by atoms with van der Waals surface area (Å²) in [7, 11) is -0.0585. The molecule has 0 N–H and O–H groups in total. The number of ether oxygens (including phenoxy) is 1. The van der Waals surface area contributed by atoms with E-state index in [4.69, 9.17) is 9.72 Å².